The number of aliphatic hydroxyl groups is 1. The SMILES string of the molecule is CCCC(CCO)CN=C(NCC)NCCCCCCC(=O)OCC.I. The zero-order chi connectivity index (χ0) is 18.8. The molecule has 0 fully saturated rings. The maximum atomic E-state index is 11.2. The van der Waals surface area contributed by atoms with Crippen molar-refractivity contribution in [2.45, 2.75) is 72.1 Å². The summed E-state index contributed by atoms with van der Waals surface area (Å²) in [6.07, 6.45) is 7.65. The summed E-state index contributed by atoms with van der Waals surface area (Å²) in [5.41, 5.74) is 0. The number of rotatable bonds is 15. The molecule has 0 bridgehead atoms. The van der Waals surface area contributed by atoms with Crippen LogP contribution in [0.1, 0.15) is 72.1 Å². The van der Waals surface area contributed by atoms with Gasteiger partial charge in [0.2, 0.25) is 0 Å². The number of carbonyl (C=O) groups is 1. The number of guanidine groups is 1. The molecular weight excluding hydrogens is 445 g/mol. The van der Waals surface area contributed by atoms with Gasteiger partial charge in [0.15, 0.2) is 5.96 Å². The van der Waals surface area contributed by atoms with Crippen molar-refractivity contribution in [3.63, 3.8) is 0 Å². The number of aliphatic imine (C=N–C) groups is 1. The highest BCUT2D eigenvalue weighted by molar-refractivity contribution is 14.0. The van der Waals surface area contributed by atoms with Gasteiger partial charge in [0.25, 0.3) is 0 Å². The minimum absolute atomic E-state index is 0. The van der Waals surface area contributed by atoms with Gasteiger partial charge in [-0.15, -0.1) is 24.0 Å². The molecule has 156 valence electrons. The number of aliphatic hydroxyl groups excluding tert-OH is 1. The molecule has 0 aliphatic rings. The van der Waals surface area contributed by atoms with Crippen LogP contribution in [0.25, 0.3) is 0 Å². The fourth-order valence-electron chi connectivity index (χ4n) is 2.67. The topological polar surface area (TPSA) is 83.0 Å². The molecule has 6 nitrogen and oxygen atoms in total. The lowest BCUT2D eigenvalue weighted by Gasteiger charge is -2.15. The third kappa shape index (κ3) is 16.9. The lowest BCUT2D eigenvalue weighted by molar-refractivity contribution is -0.143. The Kier molecular flexibility index (Phi) is 22.1. The van der Waals surface area contributed by atoms with Crippen LogP contribution in [0, 0.1) is 5.92 Å². The Morgan fingerprint density at radius 1 is 1.08 bits per heavy atom. The molecule has 0 aliphatic carbocycles. The van der Waals surface area contributed by atoms with Crippen molar-refractivity contribution in [1.29, 1.82) is 0 Å². The van der Waals surface area contributed by atoms with E-state index in [0.717, 1.165) is 70.5 Å². The predicted octanol–water partition coefficient (Wildman–Crippen LogP) is 3.47. The maximum absolute atomic E-state index is 11.2. The van der Waals surface area contributed by atoms with Crippen molar-refractivity contribution in [3.8, 4) is 0 Å². The van der Waals surface area contributed by atoms with Gasteiger partial charge in [-0.1, -0.05) is 26.2 Å². The Balaban J connectivity index is 0. The molecule has 0 aromatic heterocycles. The number of hydrogen-bond acceptors (Lipinski definition) is 4. The summed E-state index contributed by atoms with van der Waals surface area (Å²) in [5, 5.41) is 15.8. The van der Waals surface area contributed by atoms with Crippen LogP contribution in [-0.2, 0) is 9.53 Å². The molecule has 0 saturated carbocycles. The van der Waals surface area contributed by atoms with Gasteiger partial charge >= 0.3 is 5.97 Å². The van der Waals surface area contributed by atoms with Crippen LogP contribution in [0.2, 0.25) is 0 Å². The molecule has 7 heteroatoms. The van der Waals surface area contributed by atoms with E-state index >= 15 is 0 Å². The smallest absolute Gasteiger partial charge is 0.305 e. The Bertz CT molecular complexity index is 349. The summed E-state index contributed by atoms with van der Waals surface area (Å²) in [7, 11) is 0. The van der Waals surface area contributed by atoms with E-state index in [1.807, 2.05) is 6.92 Å². The minimum Gasteiger partial charge on any atom is -0.466 e. The molecule has 0 saturated heterocycles. The van der Waals surface area contributed by atoms with Crippen molar-refractivity contribution in [2.24, 2.45) is 10.9 Å². The van der Waals surface area contributed by atoms with Crippen LogP contribution in [0.4, 0.5) is 0 Å². The molecule has 0 aliphatic heterocycles. The lowest BCUT2D eigenvalue weighted by atomic mass is 10.0. The predicted molar refractivity (Wildman–Crippen MR) is 119 cm³/mol. The van der Waals surface area contributed by atoms with Crippen molar-refractivity contribution in [2.75, 3.05) is 32.8 Å². The fraction of sp³-hybridized carbons (Fsp3) is 0.895. The highest BCUT2D eigenvalue weighted by Crippen LogP contribution is 2.11. The van der Waals surface area contributed by atoms with E-state index < -0.39 is 0 Å². The van der Waals surface area contributed by atoms with E-state index in [4.69, 9.17) is 9.84 Å². The molecule has 3 N–H and O–H groups in total. The van der Waals surface area contributed by atoms with Gasteiger partial charge in [0.1, 0.15) is 0 Å². The molecule has 1 atom stereocenters. The van der Waals surface area contributed by atoms with Crippen LogP contribution in [0.5, 0.6) is 0 Å². The van der Waals surface area contributed by atoms with Gasteiger partial charge in [-0.05, 0) is 45.4 Å². The number of esters is 1. The lowest BCUT2D eigenvalue weighted by Crippen LogP contribution is -2.38. The highest BCUT2D eigenvalue weighted by Gasteiger charge is 2.07. The van der Waals surface area contributed by atoms with Crippen molar-refractivity contribution in [1.82, 2.24) is 10.6 Å². The van der Waals surface area contributed by atoms with Crippen LogP contribution in [-0.4, -0.2) is 49.9 Å². The van der Waals surface area contributed by atoms with Crippen molar-refractivity contribution < 1.29 is 14.6 Å². The van der Waals surface area contributed by atoms with Crippen LogP contribution in [0.15, 0.2) is 4.99 Å². The summed E-state index contributed by atoms with van der Waals surface area (Å²) in [5.74, 6) is 1.22. The maximum Gasteiger partial charge on any atom is 0.305 e. The molecule has 0 aromatic rings. The number of halogens is 1. The number of carbonyl (C=O) groups excluding carboxylic acids is 1. The first kappa shape index (κ1) is 27.6. The second kappa shape index (κ2) is 20.7. The monoisotopic (exact) mass is 485 g/mol. The molecule has 1 unspecified atom stereocenters. The largest absolute Gasteiger partial charge is 0.466 e. The number of nitrogens with zero attached hydrogens (tertiary/aromatic N) is 1. The number of ether oxygens (including phenoxy) is 1. The van der Waals surface area contributed by atoms with E-state index in [0.29, 0.717) is 18.9 Å². The molecule has 26 heavy (non-hydrogen) atoms. The van der Waals surface area contributed by atoms with Crippen molar-refractivity contribution >= 4 is 35.9 Å². The molecule has 0 heterocycles. The first-order valence-electron chi connectivity index (χ1n) is 9.96. The molecule has 0 spiro atoms. The number of nitrogens with one attached hydrogen (secondary N) is 2. The van der Waals surface area contributed by atoms with E-state index in [1.54, 1.807) is 0 Å². The molecule has 0 rings (SSSR count). The van der Waals surface area contributed by atoms with E-state index in [9.17, 15) is 4.79 Å². The highest BCUT2D eigenvalue weighted by atomic mass is 127. The molecule has 0 radical (unpaired) electrons. The van der Waals surface area contributed by atoms with Crippen molar-refractivity contribution in [3.05, 3.63) is 0 Å². The number of unbranched alkanes of at least 4 members (excludes halogenated alkanes) is 3. The number of hydrogen-bond donors (Lipinski definition) is 3. The summed E-state index contributed by atoms with van der Waals surface area (Å²) in [4.78, 5) is 15.9. The normalized spacial score (nSPS) is 12.2. The van der Waals surface area contributed by atoms with Gasteiger partial charge in [0, 0.05) is 32.7 Å². The van der Waals surface area contributed by atoms with E-state index in [1.165, 1.54) is 0 Å². The average Bonchev–Trinajstić information content (AvgIpc) is 2.59. The third-order valence-corrected chi connectivity index (χ3v) is 3.99. The second-order valence-corrected chi connectivity index (χ2v) is 6.28. The Hall–Kier alpha value is -0.570. The Labute approximate surface area is 177 Å². The van der Waals surface area contributed by atoms with E-state index in [2.05, 4.69) is 29.5 Å². The summed E-state index contributed by atoms with van der Waals surface area (Å²) < 4.78 is 4.92. The molecule has 0 amide bonds. The van der Waals surface area contributed by atoms with Crippen LogP contribution in [0.3, 0.4) is 0 Å². The fourth-order valence-corrected chi connectivity index (χ4v) is 2.67. The van der Waals surface area contributed by atoms with Gasteiger partial charge in [-0.25, -0.2) is 0 Å². The first-order chi connectivity index (χ1) is 12.2. The minimum atomic E-state index is -0.0910. The second-order valence-electron chi connectivity index (χ2n) is 6.28. The quantitative estimate of drug-likeness (QED) is 0.109. The van der Waals surface area contributed by atoms with E-state index in [-0.39, 0.29) is 36.6 Å². The zero-order valence-corrected chi connectivity index (χ0v) is 19.2. The van der Waals surface area contributed by atoms with Gasteiger partial charge < -0.3 is 20.5 Å². The van der Waals surface area contributed by atoms with Gasteiger partial charge in [-0.3, -0.25) is 9.79 Å². The molecular formula is C19H40IN3O3. The Morgan fingerprint density at radius 2 is 1.81 bits per heavy atom. The standard InChI is InChI=1S/C19H39N3O3.HI/c1-4-11-17(13-15-23)16-22-19(20-5-2)21-14-10-8-7-9-12-18(24)25-6-3;/h17,23H,4-16H2,1-3H3,(H2,20,21,22);1H. The Morgan fingerprint density at radius 3 is 2.42 bits per heavy atom. The summed E-state index contributed by atoms with van der Waals surface area (Å²) in [6, 6.07) is 0. The summed E-state index contributed by atoms with van der Waals surface area (Å²) in [6.45, 7) is 9.23. The van der Waals surface area contributed by atoms with Crippen LogP contribution < -0.4 is 10.6 Å². The average molecular weight is 485 g/mol. The molecule has 0 aromatic carbocycles. The third-order valence-electron chi connectivity index (χ3n) is 3.99. The van der Waals surface area contributed by atoms with Crippen LogP contribution >= 0.6 is 24.0 Å². The summed E-state index contributed by atoms with van der Waals surface area (Å²) >= 11 is 0. The van der Waals surface area contributed by atoms with Gasteiger partial charge in [0.05, 0.1) is 6.61 Å². The van der Waals surface area contributed by atoms with Gasteiger partial charge in [-0.2, -0.15) is 0 Å². The first-order valence-corrected chi connectivity index (χ1v) is 9.96. The zero-order valence-electron chi connectivity index (χ0n) is 16.9.